The zero-order valence-corrected chi connectivity index (χ0v) is 12.0. The average molecular weight is 300 g/mol. The van der Waals surface area contributed by atoms with E-state index in [0.29, 0.717) is 16.9 Å². The first kappa shape index (κ1) is 13.4. The molecule has 0 aliphatic heterocycles. The molecule has 1 aromatic carbocycles. The number of carbonyl (C=O) groups excluding carboxylic acids is 1. The summed E-state index contributed by atoms with van der Waals surface area (Å²) in [6, 6.07) is 9.84. The number of H-pyrrole nitrogens is 1. The van der Waals surface area contributed by atoms with Crippen LogP contribution in [0.3, 0.4) is 0 Å². The van der Waals surface area contributed by atoms with Crippen molar-refractivity contribution in [2.24, 2.45) is 0 Å². The fraction of sp³-hybridized carbons (Fsp3) is 0.0714. The van der Waals surface area contributed by atoms with Crippen LogP contribution in [0.5, 0.6) is 0 Å². The van der Waals surface area contributed by atoms with Crippen molar-refractivity contribution in [2.75, 3.05) is 12.4 Å². The van der Waals surface area contributed by atoms with Gasteiger partial charge < -0.3 is 9.72 Å². The van der Waals surface area contributed by atoms with Gasteiger partial charge in [-0.15, -0.1) is 0 Å². The number of hydrogen-bond acceptors (Lipinski definition) is 5. The first-order valence-electron chi connectivity index (χ1n) is 6.18. The van der Waals surface area contributed by atoms with Crippen molar-refractivity contribution in [3.8, 4) is 0 Å². The lowest BCUT2D eigenvalue weighted by Crippen LogP contribution is -2.12. The minimum Gasteiger partial charge on any atom is -0.453 e. The molecular formula is C14H12N4O2S. The van der Waals surface area contributed by atoms with Gasteiger partial charge in [-0.25, -0.2) is 14.8 Å². The molecule has 7 heteroatoms. The fourth-order valence-electron chi connectivity index (χ4n) is 1.85. The second-order valence-electron chi connectivity index (χ2n) is 4.13. The number of anilines is 1. The molecule has 3 rings (SSSR count). The lowest BCUT2D eigenvalue weighted by molar-refractivity contribution is 0.187. The van der Waals surface area contributed by atoms with Crippen molar-refractivity contribution >= 4 is 34.7 Å². The lowest BCUT2D eigenvalue weighted by atomic mass is 10.3. The molecule has 0 saturated carbocycles. The number of hydrogen-bond donors (Lipinski definition) is 2. The predicted molar refractivity (Wildman–Crippen MR) is 80.5 cm³/mol. The fourth-order valence-corrected chi connectivity index (χ4v) is 2.75. The van der Waals surface area contributed by atoms with Gasteiger partial charge in [0.1, 0.15) is 5.52 Å². The Hall–Kier alpha value is -2.54. The molecule has 0 aliphatic carbocycles. The molecule has 21 heavy (non-hydrogen) atoms. The Balaban J connectivity index is 2.04. The van der Waals surface area contributed by atoms with E-state index in [4.69, 9.17) is 0 Å². The largest absolute Gasteiger partial charge is 0.453 e. The van der Waals surface area contributed by atoms with Gasteiger partial charge in [0, 0.05) is 11.1 Å². The predicted octanol–water partition coefficient (Wildman–Crippen LogP) is 3.29. The molecule has 0 spiro atoms. The Morgan fingerprint density at radius 1 is 1.29 bits per heavy atom. The first-order chi connectivity index (χ1) is 10.3. The Bertz CT molecular complexity index is 773. The van der Waals surface area contributed by atoms with E-state index >= 15 is 0 Å². The summed E-state index contributed by atoms with van der Waals surface area (Å²) >= 11 is 1.50. The molecule has 106 valence electrons. The number of imidazole rings is 1. The number of nitrogens with zero attached hydrogens (tertiary/aromatic N) is 2. The second-order valence-corrected chi connectivity index (χ2v) is 5.25. The smallest absolute Gasteiger partial charge is 0.411 e. The van der Waals surface area contributed by atoms with Gasteiger partial charge in [0.2, 0.25) is 0 Å². The maximum absolute atomic E-state index is 11.6. The minimum absolute atomic E-state index is 0.535. The molecule has 2 N–H and O–H groups in total. The van der Waals surface area contributed by atoms with Gasteiger partial charge in [-0.05, 0) is 12.1 Å². The number of nitrogens with one attached hydrogen (secondary N) is 2. The van der Waals surface area contributed by atoms with Crippen molar-refractivity contribution in [3.63, 3.8) is 0 Å². The van der Waals surface area contributed by atoms with Gasteiger partial charge in [-0.2, -0.15) is 0 Å². The highest BCUT2D eigenvalue weighted by molar-refractivity contribution is 7.99. The van der Waals surface area contributed by atoms with E-state index in [2.05, 4.69) is 25.0 Å². The number of aromatic amines is 1. The van der Waals surface area contributed by atoms with E-state index in [0.717, 1.165) is 9.79 Å². The summed E-state index contributed by atoms with van der Waals surface area (Å²) in [5.74, 6) is 0. The van der Waals surface area contributed by atoms with Gasteiger partial charge in [0.25, 0.3) is 0 Å². The maximum atomic E-state index is 11.6. The van der Waals surface area contributed by atoms with Crippen LogP contribution in [-0.4, -0.2) is 28.2 Å². The third kappa shape index (κ3) is 2.82. The Kier molecular flexibility index (Phi) is 3.74. The lowest BCUT2D eigenvalue weighted by Gasteiger charge is -2.10. The van der Waals surface area contributed by atoms with E-state index < -0.39 is 6.09 Å². The molecule has 1 amide bonds. The number of rotatable bonds is 3. The molecule has 0 atom stereocenters. The Morgan fingerprint density at radius 3 is 2.86 bits per heavy atom. The van der Waals surface area contributed by atoms with Crippen molar-refractivity contribution in [3.05, 3.63) is 42.9 Å². The Labute approximate surface area is 124 Å². The summed E-state index contributed by atoms with van der Waals surface area (Å²) < 4.78 is 4.67. The summed E-state index contributed by atoms with van der Waals surface area (Å²) in [5, 5.41) is 2.72. The first-order valence-corrected chi connectivity index (χ1v) is 6.99. The number of methoxy groups -OCH3 is 1. The zero-order valence-electron chi connectivity index (χ0n) is 11.2. The summed E-state index contributed by atoms with van der Waals surface area (Å²) in [6.07, 6.45) is 2.69. The highest BCUT2D eigenvalue weighted by atomic mass is 32.2. The summed E-state index contributed by atoms with van der Waals surface area (Å²) in [6.45, 7) is 0. The molecule has 3 aromatic rings. The molecule has 2 aromatic heterocycles. The Morgan fingerprint density at radius 2 is 2.10 bits per heavy atom. The van der Waals surface area contributed by atoms with E-state index in [1.807, 2.05) is 30.3 Å². The van der Waals surface area contributed by atoms with E-state index in [1.54, 1.807) is 6.20 Å². The summed E-state index contributed by atoms with van der Waals surface area (Å²) in [4.78, 5) is 24.8. The highest BCUT2D eigenvalue weighted by Gasteiger charge is 2.14. The summed E-state index contributed by atoms with van der Waals surface area (Å²) in [5.41, 5.74) is 1.82. The van der Waals surface area contributed by atoms with Crippen LogP contribution in [0.15, 0.2) is 52.6 Å². The number of carbonyl (C=O) groups is 1. The normalized spacial score (nSPS) is 10.5. The maximum Gasteiger partial charge on any atom is 0.411 e. The van der Waals surface area contributed by atoms with Gasteiger partial charge >= 0.3 is 6.09 Å². The number of ether oxygens (including phenoxy) is 1. The van der Waals surface area contributed by atoms with E-state index in [1.165, 1.54) is 25.2 Å². The number of aromatic nitrogens is 3. The van der Waals surface area contributed by atoms with Crippen LogP contribution in [0, 0.1) is 0 Å². The number of amides is 1. The van der Waals surface area contributed by atoms with Crippen LogP contribution >= 0.6 is 11.8 Å². The van der Waals surface area contributed by atoms with Crippen molar-refractivity contribution in [1.29, 1.82) is 0 Å². The second kappa shape index (κ2) is 5.84. The van der Waals surface area contributed by atoms with Crippen molar-refractivity contribution in [2.45, 2.75) is 9.79 Å². The van der Waals surface area contributed by atoms with Gasteiger partial charge in [0.15, 0.2) is 5.65 Å². The average Bonchev–Trinajstić information content (AvgIpc) is 2.99. The third-order valence-corrected chi connectivity index (χ3v) is 3.84. The van der Waals surface area contributed by atoms with Gasteiger partial charge in [-0.3, -0.25) is 5.32 Å². The molecule has 6 nitrogen and oxygen atoms in total. The number of benzene rings is 1. The quantitative estimate of drug-likeness (QED) is 0.776. The van der Waals surface area contributed by atoms with Crippen molar-refractivity contribution in [1.82, 2.24) is 15.0 Å². The number of fused-ring (bicyclic) bond motifs is 1. The number of pyridine rings is 1. The van der Waals surface area contributed by atoms with Crippen LogP contribution < -0.4 is 5.32 Å². The summed E-state index contributed by atoms with van der Waals surface area (Å²) in [7, 11) is 1.32. The third-order valence-electron chi connectivity index (χ3n) is 2.80. The molecular weight excluding hydrogens is 288 g/mol. The van der Waals surface area contributed by atoms with E-state index in [-0.39, 0.29) is 0 Å². The molecule has 0 fully saturated rings. The topological polar surface area (TPSA) is 79.9 Å². The SMILES string of the molecule is COC(=O)Nc1c(Sc2ccccc2)cnc2nc[nH]c12. The molecule has 0 radical (unpaired) electrons. The minimum atomic E-state index is -0.535. The van der Waals surface area contributed by atoms with E-state index in [9.17, 15) is 4.79 Å². The molecule has 0 aliphatic rings. The molecule has 0 bridgehead atoms. The molecule has 2 heterocycles. The zero-order chi connectivity index (χ0) is 14.7. The standard InChI is InChI=1S/C14H12N4O2S/c1-20-14(19)18-11-10(21-9-5-3-2-4-6-9)7-15-13-12(11)16-8-17-13/h2-8H,1H3,(H2,15,16,17,18,19). The van der Waals surface area contributed by atoms with Crippen molar-refractivity contribution < 1.29 is 9.53 Å². The van der Waals surface area contributed by atoms with Gasteiger partial charge in [-0.1, -0.05) is 30.0 Å². The van der Waals surface area contributed by atoms with Crippen LogP contribution in [0.25, 0.3) is 11.2 Å². The van der Waals surface area contributed by atoms with Gasteiger partial charge in [0.05, 0.1) is 24.0 Å². The van der Waals surface area contributed by atoms with Crippen LogP contribution in [0.4, 0.5) is 10.5 Å². The van der Waals surface area contributed by atoms with Crippen LogP contribution in [0.1, 0.15) is 0 Å². The van der Waals surface area contributed by atoms with Crippen LogP contribution in [-0.2, 0) is 4.74 Å². The highest BCUT2D eigenvalue weighted by Crippen LogP contribution is 2.36. The van der Waals surface area contributed by atoms with Crippen LogP contribution in [0.2, 0.25) is 0 Å². The molecule has 0 saturated heterocycles. The monoisotopic (exact) mass is 300 g/mol. The molecule has 0 unspecified atom stereocenters.